The Morgan fingerprint density at radius 1 is 1.47 bits per heavy atom. The molecular weight excluding hydrogens is 196 g/mol. The molecular formula is C10H14N2O3. The van der Waals surface area contributed by atoms with Crippen molar-refractivity contribution in [1.29, 1.82) is 0 Å². The molecule has 1 aromatic heterocycles. The third-order valence-electron chi connectivity index (χ3n) is 1.90. The number of carbonyl (C=O) groups is 2. The van der Waals surface area contributed by atoms with E-state index in [1.54, 1.807) is 6.92 Å². The predicted octanol–water partition coefficient (Wildman–Crippen LogP) is 1.57. The van der Waals surface area contributed by atoms with Crippen LogP contribution in [0.4, 0.5) is 0 Å². The Morgan fingerprint density at radius 2 is 2.20 bits per heavy atom. The molecule has 0 spiro atoms. The summed E-state index contributed by atoms with van der Waals surface area (Å²) in [4.78, 5) is 23.0. The second-order valence-electron chi connectivity index (χ2n) is 3.05. The van der Waals surface area contributed by atoms with Crippen molar-refractivity contribution in [3.05, 3.63) is 17.5 Å². The van der Waals surface area contributed by atoms with Gasteiger partial charge in [0, 0.05) is 6.42 Å². The van der Waals surface area contributed by atoms with Gasteiger partial charge in [-0.3, -0.25) is 9.89 Å². The molecule has 1 heterocycles. The molecule has 0 aromatic carbocycles. The number of H-pyrrole nitrogens is 1. The first-order chi connectivity index (χ1) is 7.20. The summed E-state index contributed by atoms with van der Waals surface area (Å²) < 4.78 is 4.79. The second-order valence-corrected chi connectivity index (χ2v) is 3.05. The lowest BCUT2D eigenvalue weighted by atomic mass is 10.1. The van der Waals surface area contributed by atoms with E-state index in [0.29, 0.717) is 12.0 Å². The van der Waals surface area contributed by atoms with E-state index in [1.165, 1.54) is 6.20 Å². The fourth-order valence-electron chi connectivity index (χ4n) is 1.22. The Labute approximate surface area is 87.8 Å². The van der Waals surface area contributed by atoms with Crippen molar-refractivity contribution >= 4 is 11.8 Å². The quantitative estimate of drug-likeness (QED) is 0.591. The summed E-state index contributed by atoms with van der Waals surface area (Å²) in [7, 11) is 0. The van der Waals surface area contributed by atoms with Crippen LogP contribution in [0.3, 0.4) is 0 Å². The molecule has 1 aromatic rings. The number of hydrogen-bond acceptors (Lipinski definition) is 4. The standard InChI is InChI=1S/C10H14N2O3/c1-3-5-8(13)7-6-11-12-9(7)10(14)15-4-2/h6H,3-5H2,1-2H3,(H,11,12). The van der Waals surface area contributed by atoms with Crippen molar-refractivity contribution in [3.8, 4) is 0 Å². The Hall–Kier alpha value is -1.65. The summed E-state index contributed by atoms with van der Waals surface area (Å²) in [6.07, 6.45) is 2.52. The van der Waals surface area contributed by atoms with Crippen molar-refractivity contribution in [1.82, 2.24) is 10.2 Å². The average molecular weight is 210 g/mol. The summed E-state index contributed by atoms with van der Waals surface area (Å²) in [6, 6.07) is 0. The monoisotopic (exact) mass is 210 g/mol. The Kier molecular flexibility index (Phi) is 4.03. The third kappa shape index (κ3) is 2.65. The lowest BCUT2D eigenvalue weighted by Crippen LogP contribution is -2.10. The van der Waals surface area contributed by atoms with Gasteiger partial charge in [-0.1, -0.05) is 6.92 Å². The topological polar surface area (TPSA) is 72.0 Å². The number of nitrogens with zero attached hydrogens (tertiary/aromatic N) is 1. The van der Waals surface area contributed by atoms with Crippen molar-refractivity contribution in [2.24, 2.45) is 0 Å². The molecule has 0 saturated carbocycles. The van der Waals surface area contributed by atoms with Gasteiger partial charge < -0.3 is 4.74 Å². The number of carbonyl (C=O) groups excluding carboxylic acids is 2. The van der Waals surface area contributed by atoms with Crippen molar-refractivity contribution in [3.63, 3.8) is 0 Å². The highest BCUT2D eigenvalue weighted by Crippen LogP contribution is 2.10. The number of aromatic amines is 1. The van der Waals surface area contributed by atoms with Gasteiger partial charge in [0.1, 0.15) is 0 Å². The number of ether oxygens (including phenoxy) is 1. The van der Waals surface area contributed by atoms with E-state index < -0.39 is 5.97 Å². The largest absolute Gasteiger partial charge is 0.461 e. The highest BCUT2D eigenvalue weighted by molar-refractivity contribution is 6.05. The van der Waals surface area contributed by atoms with Crippen LogP contribution in [0.2, 0.25) is 0 Å². The number of rotatable bonds is 5. The van der Waals surface area contributed by atoms with Crippen LogP contribution < -0.4 is 0 Å². The van der Waals surface area contributed by atoms with Crippen LogP contribution >= 0.6 is 0 Å². The zero-order chi connectivity index (χ0) is 11.3. The van der Waals surface area contributed by atoms with Gasteiger partial charge in [-0.15, -0.1) is 0 Å². The van der Waals surface area contributed by atoms with Crippen molar-refractivity contribution < 1.29 is 14.3 Å². The summed E-state index contributed by atoms with van der Waals surface area (Å²) in [6.45, 7) is 3.89. The molecule has 1 rings (SSSR count). The van der Waals surface area contributed by atoms with Crippen LogP contribution in [0.1, 0.15) is 47.5 Å². The smallest absolute Gasteiger partial charge is 0.357 e. The number of Topliss-reactive ketones (excluding diaryl/α,β-unsaturated/α-hetero) is 1. The molecule has 0 saturated heterocycles. The maximum absolute atomic E-state index is 11.6. The number of hydrogen-bond donors (Lipinski definition) is 1. The molecule has 0 atom stereocenters. The van der Waals surface area contributed by atoms with Gasteiger partial charge >= 0.3 is 5.97 Å². The second kappa shape index (κ2) is 5.29. The Morgan fingerprint density at radius 3 is 2.80 bits per heavy atom. The fraction of sp³-hybridized carbons (Fsp3) is 0.500. The van der Waals surface area contributed by atoms with E-state index in [-0.39, 0.29) is 18.1 Å². The van der Waals surface area contributed by atoms with Crippen LogP contribution in [0.5, 0.6) is 0 Å². The van der Waals surface area contributed by atoms with Crippen LogP contribution in [0.25, 0.3) is 0 Å². The van der Waals surface area contributed by atoms with Gasteiger partial charge in [-0.25, -0.2) is 4.79 Å². The van der Waals surface area contributed by atoms with Crippen LogP contribution in [0.15, 0.2) is 6.20 Å². The highest BCUT2D eigenvalue weighted by Gasteiger charge is 2.19. The van der Waals surface area contributed by atoms with Crippen molar-refractivity contribution in [2.45, 2.75) is 26.7 Å². The Balaban J connectivity index is 2.86. The zero-order valence-corrected chi connectivity index (χ0v) is 8.87. The fourth-order valence-corrected chi connectivity index (χ4v) is 1.22. The summed E-state index contributed by atoms with van der Waals surface area (Å²) in [5.74, 6) is -0.622. The molecule has 0 unspecified atom stereocenters. The van der Waals surface area contributed by atoms with E-state index in [2.05, 4.69) is 10.2 Å². The third-order valence-corrected chi connectivity index (χ3v) is 1.90. The average Bonchev–Trinajstić information content (AvgIpc) is 2.66. The molecule has 1 N–H and O–H groups in total. The van der Waals surface area contributed by atoms with Gasteiger partial charge in [0.25, 0.3) is 0 Å². The van der Waals surface area contributed by atoms with E-state index in [9.17, 15) is 9.59 Å². The molecule has 0 amide bonds. The molecule has 5 heteroatoms. The minimum atomic E-state index is -0.533. The molecule has 0 radical (unpaired) electrons. The van der Waals surface area contributed by atoms with Crippen LogP contribution in [-0.2, 0) is 4.74 Å². The first kappa shape index (κ1) is 11.4. The number of esters is 1. The molecule has 0 bridgehead atoms. The molecule has 5 nitrogen and oxygen atoms in total. The lowest BCUT2D eigenvalue weighted by molar-refractivity contribution is 0.0516. The number of nitrogens with one attached hydrogen (secondary N) is 1. The minimum absolute atomic E-state index is 0.0886. The normalized spacial score (nSPS) is 10.0. The maximum Gasteiger partial charge on any atom is 0.357 e. The van der Waals surface area contributed by atoms with E-state index in [1.807, 2.05) is 6.92 Å². The SMILES string of the molecule is CCCC(=O)c1cn[nH]c1C(=O)OCC. The molecule has 0 aliphatic rings. The molecule has 0 aliphatic carbocycles. The van der Waals surface area contributed by atoms with Crippen molar-refractivity contribution in [2.75, 3.05) is 6.61 Å². The number of aromatic nitrogens is 2. The van der Waals surface area contributed by atoms with Gasteiger partial charge in [0.15, 0.2) is 11.5 Å². The first-order valence-corrected chi connectivity index (χ1v) is 4.94. The lowest BCUT2D eigenvalue weighted by Gasteiger charge is -2.01. The summed E-state index contributed by atoms with van der Waals surface area (Å²) >= 11 is 0. The molecule has 82 valence electrons. The zero-order valence-electron chi connectivity index (χ0n) is 8.87. The minimum Gasteiger partial charge on any atom is -0.461 e. The summed E-state index contributed by atoms with van der Waals surface area (Å²) in [5, 5.41) is 6.17. The van der Waals surface area contributed by atoms with E-state index >= 15 is 0 Å². The maximum atomic E-state index is 11.6. The van der Waals surface area contributed by atoms with E-state index in [4.69, 9.17) is 4.74 Å². The highest BCUT2D eigenvalue weighted by atomic mass is 16.5. The first-order valence-electron chi connectivity index (χ1n) is 4.94. The predicted molar refractivity (Wildman–Crippen MR) is 53.8 cm³/mol. The van der Waals surface area contributed by atoms with Gasteiger partial charge in [-0.2, -0.15) is 5.10 Å². The molecule has 0 fully saturated rings. The summed E-state index contributed by atoms with van der Waals surface area (Å²) in [5.41, 5.74) is 0.464. The van der Waals surface area contributed by atoms with Gasteiger partial charge in [0.2, 0.25) is 0 Å². The molecule has 15 heavy (non-hydrogen) atoms. The van der Waals surface area contributed by atoms with E-state index in [0.717, 1.165) is 6.42 Å². The number of ketones is 1. The Bertz CT molecular complexity index is 325. The van der Waals surface area contributed by atoms with Crippen LogP contribution in [-0.4, -0.2) is 28.6 Å². The van der Waals surface area contributed by atoms with Gasteiger partial charge in [0.05, 0.1) is 18.4 Å². The van der Waals surface area contributed by atoms with Gasteiger partial charge in [-0.05, 0) is 13.3 Å². The van der Waals surface area contributed by atoms with Crippen LogP contribution in [0, 0.1) is 0 Å². The molecule has 0 aliphatic heterocycles.